The van der Waals surface area contributed by atoms with Gasteiger partial charge in [-0.2, -0.15) is 0 Å². The van der Waals surface area contributed by atoms with E-state index in [1.54, 1.807) is 7.11 Å². The summed E-state index contributed by atoms with van der Waals surface area (Å²) in [6.07, 6.45) is 3.85. The number of anilines is 1. The first-order valence-electron chi connectivity index (χ1n) is 7.52. The van der Waals surface area contributed by atoms with Gasteiger partial charge in [-0.3, -0.25) is 9.69 Å². The predicted molar refractivity (Wildman–Crippen MR) is 93.1 cm³/mol. The van der Waals surface area contributed by atoms with Gasteiger partial charge in [-0.1, -0.05) is 6.08 Å². The van der Waals surface area contributed by atoms with Crippen molar-refractivity contribution in [3.8, 4) is 5.75 Å². The third kappa shape index (κ3) is 2.49. The fraction of sp³-hybridized carbons (Fsp3) is 0.294. The fourth-order valence-corrected chi connectivity index (χ4v) is 3.09. The van der Waals surface area contributed by atoms with Crippen LogP contribution in [0, 0.1) is 0 Å². The zero-order valence-electron chi connectivity index (χ0n) is 13.3. The Balaban J connectivity index is 2.08. The maximum absolute atomic E-state index is 12.5. The zero-order valence-corrected chi connectivity index (χ0v) is 14.1. The van der Waals surface area contributed by atoms with E-state index in [-0.39, 0.29) is 16.8 Å². The van der Waals surface area contributed by atoms with Gasteiger partial charge >= 0.3 is 0 Å². The molecule has 120 valence electrons. The molecule has 0 aliphatic carbocycles. The number of amides is 1. The van der Waals surface area contributed by atoms with Crippen LogP contribution in [0.1, 0.15) is 19.4 Å². The molecular formula is C17H18N2O3S. The molecule has 0 saturated carbocycles. The average molecular weight is 330 g/mol. The van der Waals surface area contributed by atoms with Crippen molar-refractivity contribution in [2.24, 2.45) is 0 Å². The molecule has 5 nitrogen and oxygen atoms in total. The Hall–Kier alpha value is -2.34. The highest BCUT2D eigenvalue weighted by atomic mass is 32.1. The maximum Gasteiger partial charge on any atom is 0.299 e. The summed E-state index contributed by atoms with van der Waals surface area (Å²) in [5.74, 6) is 0.899. The van der Waals surface area contributed by atoms with Crippen LogP contribution in [0.3, 0.4) is 0 Å². The molecule has 0 aromatic heterocycles. The third-order valence-corrected chi connectivity index (χ3v) is 4.26. The third-order valence-electron chi connectivity index (χ3n) is 3.95. The number of carbonyl (C=O) groups is 1. The van der Waals surface area contributed by atoms with Crippen LogP contribution in [0.4, 0.5) is 5.69 Å². The molecule has 1 fully saturated rings. The summed E-state index contributed by atoms with van der Waals surface area (Å²) in [6, 6.07) is 5.86. The van der Waals surface area contributed by atoms with Crippen molar-refractivity contribution in [2.75, 3.05) is 25.1 Å². The summed E-state index contributed by atoms with van der Waals surface area (Å²) in [6.45, 7) is 5.11. The SMILES string of the molecule is CCN1C(=O)/C(=C2\C=Cc3cc(OC)ccc3N2CC)OC1=S. The first-order chi connectivity index (χ1) is 11.1. The lowest BCUT2D eigenvalue weighted by Gasteiger charge is -2.29. The van der Waals surface area contributed by atoms with E-state index in [9.17, 15) is 4.79 Å². The molecule has 1 aromatic carbocycles. The molecule has 1 aromatic rings. The fourth-order valence-electron chi connectivity index (χ4n) is 2.79. The van der Waals surface area contributed by atoms with Crippen LogP contribution in [-0.2, 0) is 9.53 Å². The lowest BCUT2D eigenvalue weighted by atomic mass is 10.0. The van der Waals surface area contributed by atoms with Gasteiger partial charge in [-0.15, -0.1) is 0 Å². The lowest BCUT2D eigenvalue weighted by molar-refractivity contribution is -0.122. The quantitative estimate of drug-likeness (QED) is 0.630. The molecule has 2 heterocycles. The number of fused-ring (bicyclic) bond motifs is 1. The molecule has 1 amide bonds. The molecule has 0 unspecified atom stereocenters. The normalized spacial score (nSPS) is 20.0. The van der Waals surface area contributed by atoms with E-state index in [0.717, 1.165) is 22.7 Å². The van der Waals surface area contributed by atoms with Crippen LogP contribution in [0.2, 0.25) is 0 Å². The zero-order chi connectivity index (χ0) is 16.6. The average Bonchev–Trinajstić information content (AvgIpc) is 2.86. The number of hydrogen-bond acceptors (Lipinski definition) is 5. The molecule has 0 bridgehead atoms. The number of ether oxygens (including phenoxy) is 2. The summed E-state index contributed by atoms with van der Waals surface area (Å²) >= 11 is 5.14. The highest BCUT2D eigenvalue weighted by molar-refractivity contribution is 7.80. The first kappa shape index (κ1) is 15.6. The van der Waals surface area contributed by atoms with Crippen molar-refractivity contribution in [2.45, 2.75) is 13.8 Å². The summed E-state index contributed by atoms with van der Waals surface area (Å²) in [5, 5.41) is 0.213. The van der Waals surface area contributed by atoms with E-state index < -0.39 is 0 Å². The molecule has 3 rings (SSSR count). The van der Waals surface area contributed by atoms with Gasteiger partial charge in [0, 0.05) is 24.3 Å². The number of benzene rings is 1. The number of nitrogens with zero attached hydrogens (tertiary/aromatic N) is 2. The number of methoxy groups -OCH3 is 1. The highest BCUT2D eigenvalue weighted by Gasteiger charge is 2.36. The minimum Gasteiger partial charge on any atom is -0.497 e. The Morgan fingerprint density at radius 3 is 2.52 bits per heavy atom. The molecule has 0 spiro atoms. The van der Waals surface area contributed by atoms with Gasteiger partial charge in [0.25, 0.3) is 11.1 Å². The van der Waals surface area contributed by atoms with Gasteiger partial charge in [0.15, 0.2) is 0 Å². The van der Waals surface area contributed by atoms with Crippen molar-refractivity contribution in [1.82, 2.24) is 4.90 Å². The van der Waals surface area contributed by atoms with Gasteiger partial charge in [-0.25, -0.2) is 0 Å². The highest BCUT2D eigenvalue weighted by Crippen LogP contribution is 2.36. The molecule has 0 atom stereocenters. The minimum atomic E-state index is -0.187. The van der Waals surface area contributed by atoms with Crippen LogP contribution in [0.5, 0.6) is 5.75 Å². The molecule has 1 saturated heterocycles. The Labute approximate surface area is 140 Å². The minimum absolute atomic E-state index is 0.187. The molecule has 0 radical (unpaired) electrons. The van der Waals surface area contributed by atoms with Gasteiger partial charge in [0.2, 0.25) is 5.76 Å². The van der Waals surface area contributed by atoms with Crippen molar-refractivity contribution in [1.29, 1.82) is 0 Å². The van der Waals surface area contributed by atoms with E-state index in [1.807, 2.05) is 49.1 Å². The summed E-state index contributed by atoms with van der Waals surface area (Å²) in [7, 11) is 1.64. The van der Waals surface area contributed by atoms with Gasteiger partial charge in [0.05, 0.1) is 12.8 Å². The van der Waals surface area contributed by atoms with E-state index in [2.05, 4.69) is 0 Å². The maximum atomic E-state index is 12.5. The van der Waals surface area contributed by atoms with E-state index in [4.69, 9.17) is 21.7 Å². The van der Waals surface area contributed by atoms with Gasteiger partial charge in [0.1, 0.15) is 5.75 Å². The van der Waals surface area contributed by atoms with Gasteiger partial charge in [-0.05, 0) is 50.3 Å². The van der Waals surface area contributed by atoms with Crippen LogP contribution in [-0.4, -0.2) is 36.2 Å². The van der Waals surface area contributed by atoms with Crippen molar-refractivity contribution >= 4 is 35.1 Å². The van der Waals surface area contributed by atoms with Crippen LogP contribution in [0.25, 0.3) is 6.08 Å². The largest absolute Gasteiger partial charge is 0.497 e. The van der Waals surface area contributed by atoms with Crippen molar-refractivity contribution in [3.63, 3.8) is 0 Å². The molecule has 23 heavy (non-hydrogen) atoms. The number of allylic oxidation sites excluding steroid dienone is 1. The molecular weight excluding hydrogens is 312 g/mol. The first-order valence-corrected chi connectivity index (χ1v) is 7.93. The van der Waals surface area contributed by atoms with Crippen molar-refractivity contribution in [3.05, 3.63) is 41.3 Å². The number of carbonyl (C=O) groups excluding carboxylic acids is 1. The molecule has 6 heteroatoms. The Morgan fingerprint density at radius 1 is 1.17 bits per heavy atom. The van der Waals surface area contributed by atoms with E-state index >= 15 is 0 Å². The van der Waals surface area contributed by atoms with Crippen LogP contribution in [0.15, 0.2) is 35.7 Å². The molecule has 2 aliphatic heterocycles. The summed E-state index contributed by atoms with van der Waals surface area (Å²) < 4.78 is 10.8. The topological polar surface area (TPSA) is 42.0 Å². The Bertz CT molecular complexity index is 739. The predicted octanol–water partition coefficient (Wildman–Crippen LogP) is 2.92. The molecule has 2 aliphatic rings. The Kier molecular flexibility index (Phi) is 4.09. The second-order valence-electron chi connectivity index (χ2n) is 5.13. The monoisotopic (exact) mass is 330 g/mol. The van der Waals surface area contributed by atoms with E-state index in [1.165, 1.54) is 4.90 Å². The number of likely N-dealkylation sites (N-methyl/N-ethyl adjacent to an activating group) is 2. The second kappa shape index (κ2) is 6.04. The number of hydrogen-bond donors (Lipinski definition) is 0. The van der Waals surface area contributed by atoms with Gasteiger partial charge < -0.3 is 14.4 Å². The second-order valence-corrected chi connectivity index (χ2v) is 5.48. The summed E-state index contributed by atoms with van der Waals surface area (Å²) in [4.78, 5) is 16.0. The smallest absolute Gasteiger partial charge is 0.299 e. The van der Waals surface area contributed by atoms with Crippen LogP contribution >= 0.6 is 12.2 Å². The number of rotatable bonds is 3. The van der Waals surface area contributed by atoms with Crippen molar-refractivity contribution < 1.29 is 14.3 Å². The molecule has 0 N–H and O–H groups in total. The standard InChI is InChI=1S/C17H18N2O3S/c1-4-18-13-9-7-12(21-3)10-11(13)6-8-14(18)15-16(20)19(5-2)17(23)22-15/h6-10H,4-5H2,1-3H3/b15-14-. The van der Waals surface area contributed by atoms with E-state index in [0.29, 0.717) is 13.1 Å². The Morgan fingerprint density at radius 2 is 1.91 bits per heavy atom. The lowest BCUT2D eigenvalue weighted by Crippen LogP contribution is -2.30. The number of thiocarbonyl (C=S) groups is 1. The van der Waals surface area contributed by atoms with Crippen LogP contribution < -0.4 is 9.64 Å². The summed E-state index contributed by atoms with van der Waals surface area (Å²) in [5.41, 5.74) is 2.78.